The van der Waals surface area contributed by atoms with Crippen LogP contribution in [-0.2, 0) is 6.42 Å². The Bertz CT molecular complexity index is 823. The minimum absolute atomic E-state index is 0.0635. The first-order chi connectivity index (χ1) is 14.1. The minimum atomic E-state index is 0.0635. The van der Waals surface area contributed by atoms with Crippen molar-refractivity contribution < 1.29 is 18.9 Å². The summed E-state index contributed by atoms with van der Waals surface area (Å²) in [5, 5.41) is 3.63. The second-order valence-electron chi connectivity index (χ2n) is 7.30. The summed E-state index contributed by atoms with van der Waals surface area (Å²) in [6.45, 7) is 4.94. The van der Waals surface area contributed by atoms with Crippen LogP contribution in [-0.4, -0.2) is 59.5 Å². The molecule has 1 unspecified atom stereocenters. The molecule has 0 saturated carbocycles. The van der Waals surface area contributed by atoms with Gasteiger partial charge in [0.25, 0.3) is 0 Å². The number of nitrogens with one attached hydrogen (secondary N) is 1. The van der Waals surface area contributed by atoms with Gasteiger partial charge in [-0.15, -0.1) is 0 Å². The zero-order chi connectivity index (χ0) is 20.8. The van der Waals surface area contributed by atoms with Gasteiger partial charge in [0.2, 0.25) is 0 Å². The van der Waals surface area contributed by atoms with Gasteiger partial charge in [-0.2, -0.15) is 0 Å². The lowest BCUT2D eigenvalue weighted by molar-refractivity contribution is 0.250. The predicted molar refractivity (Wildman–Crippen MR) is 115 cm³/mol. The van der Waals surface area contributed by atoms with Crippen molar-refractivity contribution in [2.24, 2.45) is 0 Å². The quantitative estimate of drug-likeness (QED) is 0.697. The molecule has 1 atom stereocenters. The molecular weight excluding hydrogens is 368 g/mol. The molecule has 1 N–H and O–H groups in total. The SMILES string of the molecule is CCOc1c(OC)ccc2c1CCNC2c1ccc(OCCN(C)C)c(OC)c1. The normalized spacial score (nSPS) is 15.7. The Morgan fingerprint density at radius 2 is 1.76 bits per heavy atom. The molecular formula is C23H32N2O4. The monoisotopic (exact) mass is 400 g/mol. The number of benzene rings is 2. The van der Waals surface area contributed by atoms with Gasteiger partial charge in [-0.1, -0.05) is 12.1 Å². The smallest absolute Gasteiger partial charge is 0.164 e. The van der Waals surface area contributed by atoms with Gasteiger partial charge in [0.15, 0.2) is 23.0 Å². The Hall–Kier alpha value is -2.44. The summed E-state index contributed by atoms with van der Waals surface area (Å²) < 4.78 is 23.0. The molecule has 2 aromatic carbocycles. The number of methoxy groups -OCH3 is 2. The van der Waals surface area contributed by atoms with Crippen LogP contribution in [0.1, 0.15) is 29.7 Å². The van der Waals surface area contributed by atoms with Crippen LogP contribution in [0.3, 0.4) is 0 Å². The summed E-state index contributed by atoms with van der Waals surface area (Å²) in [5.74, 6) is 3.15. The lowest BCUT2D eigenvalue weighted by atomic mass is 9.89. The fourth-order valence-corrected chi connectivity index (χ4v) is 3.68. The third kappa shape index (κ3) is 4.77. The summed E-state index contributed by atoms with van der Waals surface area (Å²) in [5.41, 5.74) is 3.56. The van der Waals surface area contributed by atoms with Crippen molar-refractivity contribution in [2.75, 3.05) is 54.6 Å². The molecule has 6 nitrogen and oxygen atoms in total. The number of nitrogens with zero attached hydrogens (tertiary/aromatic N) is 1. The third-order valence-corrected chi connectivity index (χ3v) is 5.12. The molecule has 3 rings (SSSR count). The van der Waals surface area contributed by atoms with Gasteiger partial charge < -0.3 is 29.2 Å². The standard InChI is InChI=1S/C23H32N2O4/c1-6-28-23-18-11-12-24-22(17(18)8-10-20(23)26-4)16-7-9-19(21(15-16)27-5)29-14-13-25(2)3/h7-10,15,22,24H,6,11-14H2,1-5H3. The molecule has 29 heavy (non-hydrogen) atoms. The van der Waals surface area contributed by atoms with Crippen LogP contribution in [0, 0.1) is 0 Å². The van der Waals surface area contributed by atoms with Gasteiger partial charge in [0, 0.05) is 18.7 Å². The van der Waals surface area contributed by atoms with Crippen LogP contribution >= 0.6 is 0 Å². The van der Waals surface area contributed by atoms with E-state index >= 15 is 0 Å². The molecule has 0 bridgehead atoms. The minimum Gasteiger partial charge on any atom is -0.493 e. The Balaban J connectivity index is 1.91. The van der Waals surface area contributed by atoms with Crippen molar-refractivity contribution >= 4 is 0 Å². The second-order valence-corrected chi connectivity index (χ2v) is 7.30. The molecule has 2 aromatic rings. The number of ether oxygens (including phenoxy) is 4. The van der Waals surface area contributed by atoms with E-state index in [1.54, 1.807) is 14.2 Å². The molecule has 1 aliphatic heterocycles. The van der Waals surface area contributed by atoms with Crippen molar-refractivity contribution in [3.8, 4) is 23.0 Å². The zero-order valence-electron chi connectivity index (χ0n) is 18.1. The van der Waals surface area contributed by atoms with E-state index < -0.39 is 0 Å². The first-order valence-electron chi connectivity index (χ1n) is 10.1. The lowest BCUT2D eigenvalue weighted by Crippen LogP contribution is -2.31. The fraction of sp³-hybridized carbons (Fsp3) is 0.478. The van der Waals surface area contributed by atoms with Gasteiger partial charge in [-0.3, -0.25) is 0 Å². The average Bonchev–Trinajstić information content (AvgIpc) is 2.73. The number of hydrogen-bond acceptors (Lipinski definition) is 6. The maximum atomic E-state index is 5.94. The van der Waals surface area contributed by atoms with E-state index in [9.17, 15) is 0 Å². The number of fused-ring (bicyclic) bond motifs is 1. The first-order valence-corrected chi connectivity index (χ1v) is 10.1. The van der Waals surface area contributed by atoms with E-state index in [1.807, 2.05) is 33.2 Å². The van der Waals surface area contributed by atoms with Gasteiger partial charge in [0.1, 0.15) is 6.61 Å². The Kier molecular flexibility index (Phi) is 7.23. The van der Waals surface area contributed by atoms with Crippen molar-refractivity contribution in [3.63, 3.8) is 0 Å². The lowest BCUT2D eigenvalue weighted by Gasteiger charge is -2.30. The molecule has 0 saturated heterocycles. The Morgan fingerprint density at radius 1 is 1.00 bits per heavy atom. The van der Waals surface area contributed by atoms with Gasteiger partial charge >= 0.3 is 0 Å². The highest BCUT2D eigenvalue weighted by Gasteiger charge is 2.26. The highest BCUT2D eigenvalue weighted by atomic mass is 16.5. The summed E-state index contributed by atoms with van der Waals surface area (Å²) in [7, 11) is 7.42. The van der Waals surface area contributed by atoms with Gasteiger partial charge in [-0.25, -0.2) is 0 Å². The maximum absolute atomic E-state index is 5.94. The number of hydrogen-bond donors (Lipinski definition) is 1. The maximum Gasteiger partial charge on any atom is 0.164 e. The molecule has 0 amide bonds. The molecule has 6 heteroatoms. The molecule has 0 aliphatic carbocycles. The van der Waals surface area contributed by atoms with Crippen LogP contribution < -0.4 is 24.3 Å². The molecule has 158 valence electrons. The highest BCUT2D eigenvalue weighted by molar-refractivity contribution is 5.55. The van der Waals surface area contributed by atoms with E-state index in [-0.39, 0.29) is 6.04 Å². The van der Waals surface area contributed by atoms with Crippen LogP contribution in [0.5, 0.6) is 23.0 Å². The summed E-state index contributed by atoms with van der Waals surface area (Å²) in [6.07, 6.45) is 0.904. The zero-order valence-corrected chi connectivity index (χ0v) is 18.1. The van der Waals surface area contributed by atoms with Crippen LogP contribution in [0.4, 0.5) is 0 Å². The fourth-order valence-electron chi connectivity index (χ4n) is 3.68. The van der Waals surface area contributed by atoms with Crippen LogP contribution in [0.25, 0.3) is 0 Å². The van der Waals surface area contributed by atoms with Crippen molar-refractivity contribution in [2.45, 2.75) is 19.4 Å². The molecule has 0 aromatic heterocycles. The average molecular weight is 401 g/mol. The Labute approximate surface area is 173 Å². The third-order valence-electron chi connectivity index (χ3n) is 5.12. The summed E-state index contributed by atoms with van der Waals surface area (Å²) >= 11 is 0. The first kappa shape index (κ1) is 21.3. The molecule has 0 spiro atoms. The molecule has 0 radical (unpaired) electrons. The van der Waals surface area contributed by atoms with Gasteiger partial charge in [-0.05, 0) is 56.8 Å². The van der Waals surface area contributed by atoms with E-state index in [0.717, 1.165) is 48.1 Å². The topological polar surface area (TPSA) is 52.2 Å². The highest BCUT2D eigenvalue weighted by Crippen LogP contribution is 2.41. The molecule has 1 heterocycles. The van der Waals surface area contributed by atoms with E-state index in [4.69, 9.17) is 18.9 Å². The number of likely N-dealkylation sites (N-methyl/N-ethyl adjacent to an activating group) is 1. The summed E-state index contributed by atoms with van der Waals surface area (Å²) in [4.78, 5) is 2.09. The van der Waals surface area contributed by atoms with Crippen LogP contribution in [0.2, 0.25) is 0 Å². The Morgan fingerprint density at radius 3 is 2.45 bits per heavy atom. The van der Waals surface area contributed by atoms with Crippen molar-refractivity contribution in [1.82, 2.24) is 10.2 Å². The van der Waals surface area contributed by atoms with E-state index in [2.05, 4.69) is 28.4 Å². The van der Waals surface area contributed by atoms with Crippen molar-refractivity contribution in [1.29, 1.82) is 0 Å². The summed E-state index contributed by atoms with van der Waals surface area (Å²) in [6, 6.07) is 10.3. The predicted octanol–water partition coefficient (Wildman–Crippen LogP) is 3.28. The van der Waals surface area contributed by atoms with Crippen molar-refractivity contribution in [3.05, 3.63) is 47.0 Å². The van der Waals surface area contributed by atoms with Crippen LogP contribution in [0.15, 0.2) is 30.3 Å². The largest absolute Gasteiger partial charge is 0.493 e. The van der Waals surface area contributed by atoms with Gasteiger partial charge in [0.05, 0.1) is 26.9 Å². The van der Waals surface area contributed by atoms with E-state index in [1.165, 1.54) is 11.1 Å². The molecule has 1 aliphatic rings. The van der Waals surface area contributed by atoms with E-state index in [0.29, 0.717) is 13.2 Å². The molecule has 0 fully saturated rings. The second kappa shape index (κ2) is 9.85. The number of rotatable bonds is 9.